The molecule has 1 rings (SSSR count). The summed E-state index contributed by atoms with van der Waals surface area (Å²) >= 11 is 0. The van der Waals surface area contributed by atoms with Crippen LogP contribution in [-0.4, -0.2) is 40.7 Å². The SMILES string of the molecule is CN(CCCN)C(=O)Cn1[nH]c(=O)ccc1=O. The van der Waals surface area contributed by atoms with Gasteiger partial charge in [0.1, 0.15) is 6.54 Å². The lowest BCUT2D eigenvalue weighted by molar-refractivity contribution is -0.130. The van der Waals surface area contributed by atoms with E-state index >= 15 is 0 Å². The van der Waals surface area contributed by atoms with Crippen molar-refractivity contribution in [3.63, 3.8) is 0 Å². The molecule has 0 spiro atoms. The van der Waals surface area contributed by atoms with Gasteiger partial charge in [-0.15, -0.1) is 0 Å². The van der Waals surface area contributed by atoms with Gasteiger partial charge in [0.25, 0.3) is 11.1 Å². The average molecular weight is 240 g/mol. The number of aromatic nitrogens is 2. The molecule has 1 aromatic rings. The molecule has 0 radical (unpaired) electrons. The van der Waals surface area contributed by atoms with Gasteiger partial charge in [-0.3, -0.25) is 19.5 Å². The lowest BCUT2D eigenvalue weighted by Gasteiger charge is -2.16. The van der Waals surface area contributed by atoms with Crippen molar-refractivity contribution in [2.75, 3.05) is 20.1 Å². The molecule has 1 aromatic heterocycles. The second-order valence-corrected chi connectivity index (χ2v) is 3.69. The van der Waals surface area contributed by atoms with Crippen molar-refractivity contribution in [3.05, 3.63) is 32.8 Å². The van der Waals surface area contributed by atoms with Gasteiger partial charge in [0.05, 0.1) is 0 Å². The third-order valence-corrected chi connectivity index (χ3v) is 2.31. The van der Waals surface area contributed by atoms with Crippen molar-refractivity contribution >= 4 is 5.91 Å². The van der Waals surface area contributed by atoms with Crippen LogP contribution in [0.15, 0.2) is 21.7 Å². The summed E-state index contributed by atoms with van der Waals surface area (Å²) in [4.78, 5) is 35.5. The van der Waals surface area contributed by atoms with Crippen LogP contribution in [0.1, 0.15) is 6.42 Å². The maximum absolute atomic E-state index is 11.7. The Balaban J connectivity index is 2.71. The first kappa shape index (κ1) is 13.2. The Morgan fingerprint density at radius 3 is 2.82 bits per heavy atom. The predicted octanol–water partition coefficient (Wildman–Crippen LogP) is -1.66. The topological polar surface area (TPSA) is 101 Å². The largest absolute Gasteiger partial charge is 0.344 e. The van der Waals surface area contributed by atoms with Crippen LogP contribution in [0.4, 0.5) is 0 Å². The van der Waals surface area contributed by atoms with E-state index in [1.54, 1.807) is 7.05 Å². The number of aromatic amines is 1. The number of nitrogens with zero attached hydrogens (tertiary/aromatic N) is 2. The number of nitrogens with one attached hydrogen (secondary N) is 1. The Hall–Kier alpha value is -1.89. The molecule has 0 saturated heterocycles. The zero-order valence-electron chi connectivity index (χ0n) is 9.68. The number of rotatable bonds is 5. The Kier molecular flexibility index (Phi) is 4.65. The zero-order chi connectivity index (χ0) is 12.8. The van der Waals surface area contributed by atoms with E-state index in [2.05, 4.69) is 5.10 Å². The minimum absolute atomic E-state index is 0.171. The van der Waals surface area contributed by atoms with Crippen molar-refractivity contribution in [2.45, 2.75) is 13.0 Å². The standard InChI is InChI=1S/C10H16N4O3/c1-13(6-2-5-11)10(17)7-14-9(16)4-3-8(15)12-14/h3-4H,2,5-7,11H2,1H3,(H,12,15). The quantitative estimate of drug-likeness (QED) is 0.643. The summed E-state index contributed by atoms with van der Waals surface area (Å²) in [5, 5.41) is 2.29. The van der Waals surface area contributed by atoms with Crippen molar-refractivity contribution in [1.82, 2.24) is 14.7 Å². The molecule has 0 aliphatic heterocycles. The van der Waals surface area contributed by atoms with Gasteiger partial charge in [0.2, 0.25) is 5.91 Å². The van der Waals surface area contributed by atoms with Gasteiger partial charge < -0.3 is 10.6 Å². The molecule has 0 bridgehead atoms. The Morgan fingerprint density at radius 2 is 2.18 bits per heavy atom. The van der Waals surface area contributed by atoms with Crippen LogP contribution in [0.3, 0.4) is 0 Å². The molecule has 7 nitrogen and oxygen atoms in total. The van der Waals surface area contributed by atoms with Crippen LogP contribution >= 0.6 is 0 Å². The van der Waals surface area contributed by atoms with E-state index in [0.29, 0.717) is 19.5 Å². The number of H-pyrrole nitrogens is 1. The summed E-state index contributed by atoms with van der Waals surface area (Å²) in [6, 6.07) is 2.26. The molecule has 0 saturated carbocycles. The van der Waals surface area contributed by atoms with Crippen LogP contribution in [0.5, 0.6) is 0 Å². The number of amides is 1. The fourth-order valence-electron chi connectivity index (χ4n) is 1.29. The molecular formula is C10H16N4O3. The van der Waals surface area contributed by atoms with Crippen LogP contribution < -0.4 is 16.9 Å². The lowest BCUT2D eigenvalue weighted by Crippen LogP contribution is -2.37. The molecule has 17 heavy (non-hydrogen) atoms. The molecule has 3 N–H and O–H groups in total. The van der Waals surface area contributed by atoms with Gasteiger partial charge >= 0.3 is 0 Å². The minimum atomic E-state index is -0.415. The fourth-order valence-corrected chi connectivity index (χ4v) is 1.29. The van der Waals surface area contributed by atoms with Crippen LogP contribution in [0, 0.1) is 0 Å². The molecule has 0 unspecified atom stereocenters. The van der Waals surface area contributed by atoms with E-state index in [1.807, 2.05) is 0 Å². The summed E-state index contributed by atoms with van der Waals surface area (Å²) in [5.41, 5.74) is 4.51. The van der Waals surface area contributed by atoms with Crippen molar-refractivity contribution in [1.29, 1.82) is 0 Å². The number of nitrogens with two attached hydrogens (primary N) is 1. The Bertz CT molecular complexity index is 491. The zero-order valence-corrected chi connectivity index (χ0v) is 9.68. The first-order valence-electron chi connectivity index (χ1n) is 5.29. The van der Waals surface area contributed by atoms with Crippen LogP contribution in [-0.2, 0) is 11.3 Å². The highest BCUT2D eigenvalue weighted by molar-refractivity contribution is 5.75. The summed E-state index contributed by atoms with van der Waals surface area (Å²) in [7, 11) is 1.63. The summed E-state index contributed by atoms with van der Waals surface area (Å²) in [5.74, 6) is -0.248. The molecule has 0 aliphatic rings. The van der Waals surface area contributed by atoms with E-state index in [4.69, 9.17) is 5.73 Å². The number of likely N-dealkylation sites (N-methyl/N-ethyl adjacent to an activating group) is 1. The van der Waals surface area contributed by atoms with Crippen molar-refractivity contribution in [2.24, 2.45) is 5.73 Å². The molecular weight excluding hydrogens is 224 g/mol. The van der Waals surface area contributed by atoms with Gasteiger partial charge in [-0.25, -0.2) is 4.68 Å². The molecule has 1 heterocycles. The van der Waals surface area contributed by atoms with E-state index in [-0.39, 0.29) is 12.5 Å². The lowest BCUT2D eigenvalue weighted by atomic mass is 10.4. The summed E-state index contributed by atoms with van der Waals surface area (Å²) in [6.45, 7) is 0.858. The second-order valence-electron chi connectivity index (χ2n) is 3.69. The van der Waals surface area contributed by atoms with Gasteiger partial charge in [-0.05, 0) is 13.0 Å². The Labute approximate surface area is 97.8 Å². The monoisotopic (exact) mass is 240 g/mol. The van der Waals surface area contributed by atoms with Gasteiger partial charge in [-0.2, -0.15) is 0 Å². The summed E-state index contributed by atoms with van der Waals surface area (Å²) in [6.07, 6.45) is 0.697. The maximum Gasteiger partial charge on any atom is 0.265 e. The third-order valence-electron chi connectivity index (χ3n) is 2.31. The average Bonchev–Trinajstić information content (AvgIpc) is 2.30. The number of carbonyl (C=O) groups is 1. The molecule has 0 atom stereocenters. The van der Waals surface area contributed by atoms with Crippen LogP contribution in [0.2, 0.25) is 0 Å². The van der Waals surface area contributed by atoms with Gasteiger partial charge in [0, 0.05) is 25.7 Å². The molecule has 0 fully saturated rings. The first-order valence-corrected chi connectivity index (χ1v) is 5.29. The Morgan fingerprint density at radius 1 is 1.47 bits per heavy atom. The molecule has 7 heteroatoms. The van der Waals surface area contributed by atoms with E-state index < -0.39 is 11.1 Å². The predicted molar refractivity (Wildman–Crippen MR) is 62.6 cm³/mol. The van der Waals surface area contributed by atoms with Crippen molar-refractivity contribution < 1.29 is 4.79 Å². The normalized spacial score (nSPS) is 10.2. The first-order chi connectivity index (χ1) is 8.04. The molecule has 1 amide bonds. The van der Waals surface area contributed by atoms with Gasteiger partial charge in [-0.1, -0.05) is 0 Å². The highest BCUT2D eigenvalue weighted by Gasteiger charge is 2.09. The third kappa shape index (κ3) is 3.87. The van der Waals surface area contributed by atoms with E-state index in [0.717, 1.165) is 16.8 Å². The highest BCUT2D eigenvalue weighted by atomic mass is 16.2. The van der Waals surface area contributed by atoms with E-state index in [1.165, 1.54) is 4.90 Å². The molecule has 94 valence electrons. The smallest absolute Gasteiger partial charge is 0.265 e. The maximum atomic E-state index is 11.7. The minimum Gasteiger partial charge on any atom is -0.344 e. The van der Waals surface area contributed by atoms with E-state index in [9.17, 15) is 14.4 Å². The molecule has 0 aliphatic carbocycles. The summed E-state index contributed by atoms with van der Waals surface area (Å²) < 4.78 is 0.990. The number of hydrogen-bond acceptors (Lipinski definition) is 4. The fraction of sp³-hybridized carbons (Fsp3) is 0.500. The number of carbonyl (C=O) groups excluding carboxylic acids is 1. The second kappa shape index (κ2) is 6.00. The van der Waals surface area contributed by atoms with Gasteiger partial charge in [0.15, 0.2) is 0 Å². The van der Waals surface area contributed by atoms with Crippen LogP contribution in [0.25, 0.3) is 0 Å². The highest BCUT2D eigenvalue weighted by Crippen LogP contribution is 1.89. The molecule has 0 aromatic carbocycles. The number of hydrogen-bond donors (Lipinski definition) is 2. The van der Waals surface area contributed by atoms with Crippen molar-refractivity contribution in [3.8, 4) is 0 Å².